The van der Waals surface area contributed by atoms with Crippen LogP contribution in [-0.4, -0.2) is 21.8 Å². The lowest BCUT2D eigenvalue weighted by atomic mass is 9.95. The molecule has 0 radical (unpaired) electrons. The second-order valence-corrected chi connectivity index (χ2v) is 7.78. The average molecular weight is 436 g/mol. The Bertz CT molecular complexity index is 1080. The molecule has 0 aliphatic heterocycles. The van der Waals surface area contributed by atoms with Gasteiger partial charge in [-0.15, -0.1) is 9.81 Å². The lowest BCUT2D eigenvalue weighted by Crippen LogP contribution is -2.20. The van der Waals surface area contributed by atoms with Crippen LogP contribution < -0.4 is 0 Å². The van der Waals surface area contributed by atoms with Gasteiger partial charge in [-0.2, -0.15) is 0 Å². The molecule has 0 aliphatic rings. The number of benzene rings is 2. The maximum atomic E-state index is 12.7. The summed E-state index contributed by atoms with van der Waals surface area (Å²) >= 11 is 0. The van der Waals surface area contributed by atoms with E-state index in [2.05, 4.69) is 10.4 Å². The molecule has 2 rings (SSSR count). The maximum Gasteiger partial charge on any atom is 0.261 e. The fraction of sp³-hybridized carbons (Fsp3) is 0.250. The van der Waals surface area contributed by atoms with Crippen LogP contribution in [-0.2, 0) is 9.59 Å². The summed E-state index contributed by atoms with van der Waals surface area (Å²) in [5, 5.41) is 26.3. The van der Waals surface area contributed by atoms with E-state index in [9.17, 15) is 29.6 Å². The van der Waals surface area contributed by atoms with E-state index >= 15 is 0 Å². The topological polar surface area (TPSA) is 133 Å². The molecule has 0 atom stereocenters. The highest BCUT2D eigenvalue weighted by atomic mass is 16.3. The molecule has 0 aliphatic carbocycles. The Morgan fingerprint density at radius 2 is 0.844 bits per heavy atom. The third kappa shape index (κ3) is 4.54. The molecule has 0 saturated carbocycles. The minimum Gasteiger partial charge on any atom is -0.505 e. The third-order valence-electron chi connectivity index (χ3n) is 5.10. The van der Waals surface area contributed by atoms with Crippen molar-refractivity contribution in [2.75, 3.05) is 0 Å². The number of carbonyl (C=O) groups excluding carboxylic acids is 2. The van der Waals surface area contributed by atoms with Crippen molar-refractivity contribution in [3.05, 3.63) is 90.0 Å². The predicted octanol–water partition coefficient (Wildman–Crippen LogP) is 5.36. The van der Waals surface area contributed by atoms with Gasteiger partial charge < -0.3 is 10.2 Å². The van der Waals surface area contributed by atoms with Crippen LogP contribution in [0.15, 0.2) is 46.0 Å². The number of ketones is 2. The van der Waals surface area contributed by atoms with Gasteiger partial charge in [0.2, 0.25) is 11.4 Å². The Kier molecular flexibility index (Phi) is 7.20. The van der Waals surface area contributed by atoms with E-state index in [1.54, 1.807) is 52.0 Å². The first-order chi connectivity index (χ1) is 14.9. The SMILES string of the molecule is Cc1cc(C)c(/C(O)=C(\N=O)C(=O)C(=O)/C(N=O)=C(\O)c2c(C)cc(C)cc2C)c(C)c1. The van der Waals surface area contributed by atoms with Gasteiger partial charge in [-0.05, 0) is 74.1 Å². The molecule has 0 saturated heterocycles. The molecule has 2 N–H and O–H groups in total. The molecule has 0 amide bonds. The molecule has 0 fully saturated rings. The van der Waals surface area contributed by atoms with E-state index in [-0.39, 0.29) is 11.1 Å². The first-order valence-corrected chi connectivity index (χ1v) is 9.73. The summed E-state index contributed by atoms with van der Waals surface area (Å²) in [5.74, 6) is -4.69. The number of aryl methyl sites for hydroxylation is 6. The monoisotopic (exact) mass is 436 g/mol. The number of nitroso groups, excluding NO2 is 2. The van der Waals surface area contributed by atoms with Gasteiger partial charge in [0.25, 0.3) is 11.6 Å². The van der Waals surface area contributed by atoms with Gasteiger partial charge in [0.15, 0.2) is 11.5 Å². The Labute approximate surface area is 185 Å². The zero-order valence-electron chi connectivity index (χ0n) is 18.7. The third-order valence-corrected chi connectivity index (χ3v) is 5.10. The van der Waals surface area contributed by atoms with Crippen molar-refractivity contribution in [2.24, 2.45) is 10.4 Å². The molecule has 0 heterocycles. The van der Waals surface area contributed by atoms with Crippen LogP contribution in [0.3, 0.4) is 0 Å². The lowest BCUT2D eigenvalue weighted by Gasteiger charge is -2.13. The Hall–Kier alpha value is -3.94. The van der Waals surface area contributed by atoms with Gasteiger partial charge in [0, 0.05) is 11.1 Å². The number of allylic oxidation sites excluding steroid dienone is 2. The van der Waals surface area contributed by atoms with Crippen LogP contribution in [0, 0.1) is 51.4 Å². The number of hydrogen-bond acceptors (Lipinski definition) is 8. The molecule has 166 valence electrons. The first kappa shape index (κ1) is 24.3. The number of aliphatic hydroxyl groups excluding tert-OH is 2. The van der Waals surface area contributed by atoms with E-state index in [1.165, 1.54) is 0 Å². The van der Waals surface area contributed by atoms with Crippen LogP contribution >= 0.6 is 0 Å². The van der Waals surface area contributed by atoms with Crippen molar-refractivity contribution in [2.45, 2.75) is 41.5 Å². The first-order valence-electron chi connectivity index (χ1n) is 9.73. The smallest absolute Gasteiger partial charge is 0.261 e. The minimum absolute atomic E-state index is 0.172. The Morgan fingerprint density at radius 1 is 0.594 bits per heavy atom. The number of rotatable bonds is 7. The molecule has 2 aromatic carbocycles. The van der Waals surface area contributed by atoms with Crippen molar-refractivity contribution in [3.8, 4) is 0 Å². The molecule has 0 spiro atoms. The summed E-state index contributed by atoms with van der Waals surface area (Å²) < 4.78 is 0. The normalized spacial score (nSPS) is 12.6. The molecule has 0 bridgehead atoms. The molecule has 8 heteroatoms. The second-order valence-electron chi connectivity index (χ2n) is 7.78. The standard InChI is InChI=1S/C24H24N2O6/c1-11-7-13(3)17(14(4)8-11)21(27)19(25-31)23(29)24(30)20(26-32)22(28)18-15(5)9-12(2)10-16(18)6/h7-10,27-28H,1-6H3/b21-19+,22-20+. The quantitative estimate of drug-likeness (QED) is 0.260. The second kappa shape index (κ2) is 9.47. The van der Waals surface area contributed by atoms with Crippen LogP contribution in [0.1, 0.15) is 44.5 Å². The van der Waals surface area contributed by atoms with Crippen molar-refractivity contribution in [1.29, 1.82) is 0 Å². The molecular formula is C24H24N2O6. The van der Waals surface area contributed by atoms with Crippen LogP contribution in [0.5, 0.6) is 0 Å². The summed E-state index contributed by atoms with van der Waals surface area (Å²) in [7, 11) is 0. The van der Waals surface area contributed by atoms with Crippen LogP contribution in [0.2, 0.25) is 0 Å². The minimum atomic E-state index is -1.56. The van der Waals surface area contributed by atoms with Crippen molar-refractivity contribution in [1.82, 2.24) is 0 Å². The van der Waals surface area contributed by atoms with Crippen LogP contribution in [0.25, 0.3) is 11.5 Å². The van der Waals surface area contributed by atoms with Gasteiger partial charge in [-0.25, -0.2) is 0 Å². The zero-order valence-corrected chi connectivity index (χ0v) is 18.7. The summed E-state index contributed by atoms with van der Waals surface area (Å²) in [6.45, 7) is 10.3. The number of hydrogen-bond donors (Lipinski definition) is 2. The number of nitrogens with zero attached hydrogens (tertiary/aromatic N) is 2. The van der Waals surface area contributed by atoms with E-state index in [4.69, 9.17) is 0 Å². The number of Topliss-reactive ketones (excluding diaryl/α,β-unsaturated/α-hetero) is 2. The zero-order chi connectivity index (χ0) is 24.3. The summed E-state index contributed by atoms with van der Waals surface area (Å²) in [6.07, 6.45) is 0. The largest absolute Gasteiger partial charge is 0.505 e. The fourth-order valence-corrected chi connectivity index (χ4v) is 3.94. The summed E-state index contributed by atoms with van der Waals surface area (Å²) in [4.78, 5) is 48.3. The Morgan fingerprint density at radius 3 is 1.06 bits per heavy atom. The van der Waals surface area contributed by atoms with E-state index in [0.29, 0.717) is 22.3 Å². The lowest BCUT2D eigenvalue weighted by molar-refractivity contribution is -0.132. The highest BCUT2D eigenvalue weighted by molar-refractivity contribution is 6.50. The molecule has 0 aromatic heterocycles. The molecule has 8 nitrogen and oxygen atoms in total. The van der Waals surface area contributed by atoms with Crippen molar-refractivity contribution in [3.63, 3.8) is 0 Å². The summed E-state index contributed by atoms with van der Waals surface area (Å²) in [5.41, 5.74) is 2.20. The molecule has 32 heavy (non-hydrogen) atoms. The van der Waals surface area contributed by atoms with Gasteiger partial charge >= 0.3 is 0 Å². The van der Waals surface area contributed by atoms with Gasteiger partial charge in [0.1, 0.15) is 0 Å². The van der Waals surface area contributed by atoms with Gasteiger partial charge in [-0.1, -0.05) is 35.4 Å². The van der Waals surface area contributed by atoms with Crippen molar-refractivity contribution >= 4 is 23.1 Å². The fourth-order valence-electron chi connectivity index (χ4n) is 3.94. The molecule has 2 aromatic rings. The van der Waals surface area contributed by atoms with Gasteiger partial charge in [0.05, 0.1) is 0 Å². The van der Waals surface area contributed by atoms with E-state index < -0.39 is 34.5 Å². The molecule has 0 unspecified atom stereocenters. The van der Waals surface area contributed by atoms with E-state index in [1.807, 2.05) is 13.8 Å². The van der Waals surface area contributed by atoms with Crippen LogP contribution in [0.4, 0.5) is 0 Å². The average Bonchev–Trinajstić information content (AvgIpc) is 2.67. The number of carbonyl (C=O) groups is 2. The maximum absolute atomic E-state index is 12.7. The highest BCUT2D eigenvalue weighted by Crippen LogP contribution is 2.29. The highest BCUT2D eigenvalue weighted by Gasteiger charge is 2.32. The number of aliphatic hydroxyl groups is 2. The Balaban J connectivity index is 2.66. The molecular weight excluding hydrogens is 412 g/mol. The van der Waals surface area contributed by atoms with Crippen molar-refractivity contribution < 1.29 is 19.8 Å². The van der Waals surface area contributed by atoms with E-state index in [0.717, 1.165) is 11.1 Å². The van der Waals surface area contributed by atoms with Gasteiger partial charge in [-0.3, -0.25) is 9.59 Å². The summed E-state index contributed by atoms with van der Waals surface area (Å²) in [6, 6.07) is 6.89. The predicted molar refractivity (Wildman–Crippen MR) is 122 cm³/mol.